The predicted octanol–water partition coefficient (Wildman–Crippen LogP) is 1.07. The first-order chi connectivity index (χ1) is 7.68. The molecule has 1 aliphatic heterocycles. The normalized spacial score (nSPS) is 21.9. The Hall–Kier alpha value is -1.06. The highest BCUT2D eigenvalue weighted by atomic mass is 16.3. The van der Waals surface area contributed by atoms with Crippen molar-refractivity contribution in [2.45, 2.75) is 20.0 Å². The Kier molecular flexibility index (Phi) is 3.46. The molecular weight excluding hydrogens is 200 g/mol. The van der Waals surface area contributed by atoms with Crippen LogP contribution in [-0.2, 0) is 0 Å². The molecule has 88 valence electrons. The van der Waals surface area contributed by atoms with Gasteiger partial charge in [0.25, 0.3) is 0 Å². The maximum absolute atomic E-state index is 9.78. The first-order valence-electron chi connectivity index (χ1n) is 5.88. The van der Waals surface area contributed by atoms with Gasteiger partial charge in [0.1, 0.15) is 0 Å². The van der Waals surface area contributed by atoms with Crippen molar-refractivity contribution in [2.75, 3.05) is 31.1 Å². The van der Waals surface area contributed by atoms with Gasteiger partial charge in [0.05, 0.1) is 6.10 Å². The number of benzene rings is 1. The van der Waals surface area contributed by atoms with Gasteiger partial charge in [-0.05, 0) is 31.0 Å². The zero-order valence-electron chi connectivity index (χ0n) is 10.0. The molecule has 1 aromatic rings. The van der Waals surface area contributed by atoms with E-state index in [-0.39, 0.29) is 6.10 Å². The Morgan fingerprint density at radius 3 is 3.00 bits per heavy atom. The summed E-state index contributed by atoms with van der Waals surface area (Å²) in [7, 11) is 0. The quantitative estimate of drug-likeness (QED) is 0.743. The highest BCUT2D eigenvalue weighted by Gasteiger charge is 2.17. The molecule has 1 unspecified atom stereocenters. The fourth-order valence-electron chi connectivity index (χ4n) is 2.19. The van der Waals surface area contributed by atoms with E-state index in [9.17, 15) is 5.11 Å². The second kappa shape index (κ2) is 4.85. The molecule has 1 aromatic carbocycles. The van der Waals surface area contributed by atoms with Crippen LogP contribution in [0.2, 0.25) is 0 Å². The van der Waals surface area contributed by atoms with Crippen LogP contribution in [0.25, 0.3) is 0 Å². The summed E-state index contributed by atoms with van der Waals surface area (Å²) in [5.41, 5.74) is 3.88. The number of nitrogens with zero attached hydrogens (tertiary/aromatic N) is 1. The monoisotopic (exact) mass is 220 g/mol. The zero-order chi connectivity index (χ0) is 11.5. The van der Waals surface area contributed by atoms with E-state index < -0.39 is 0 Å². The van der Waals surface area contributed by atoms with Crippen molar-refractivity contribution in [3.8, 4) is 0 Å². The van der Waals surface area contributed by atoms with Gasteiger partial charge < -0.3 is 15.3 Å². The second-order valence-electron chi connectivity index (χ2n) is 4.52. The van der Waals surface area contributed by atoms with Gasteiger partial charge in [0, 0.05) is 31.9 Å². The molecule has 2 N–H and O–H groups in total. The lowest BCUT2D eigenvalue weighted by molar-refractivity contribution is 0.185. The molecule has 1 aliphatic rings. The van der Waals surface area contributed by atoms with Gasteiger partial charge in [-0.2, -0.15) is 0 Å². The minimum absolute atomic E-state index is 0.276. The lowest BCUT2D eigenvalue weighted by atomic mass is 10.1. The molecule has 0 radical (unpaired) electrons. The van der Waals surface area contributed by atoms with Crippen LogP contribution in [0.3, 0.4) is 0 Å². The smallest absolute Gasteiger partial charge is 0.0839 e. The van der Waals surface area contributed by atoms with Gasteiger partial charge in [-0.25, -0.2) is 0 Å². The number of hydrogen-bond donors (Lipinski definition) is 2. The Morgan fingerprint density at radius 2 is 2.19 bits per heavy atom. The summed E-state index contributed by atoms with van der Waals surface area (Å²) < 4.78 is 0. The third-order valence-electron chi connectivity index (χ3n) is 3.29. The van der Waals surface area contributed by atoms with Crippen molar-refractivity contribution >= 4 is 5.69 Å². The van der Waals surface area contributed by atoms with Crippen LogP contribution >= 0.6 is 0 Å². The zero-order valence-corrected chi connectivity index (χ0v) is 10.0. The van der Waals surface area contributed by atoms with E-state index in [0.717, 1.165) is 19.6 Å². The maximum atomic E-state index is 9.78. The molecule has 0 amide bonds. The molecule has 16 heavy (non-hydrogen) atoms. The van der Waals surface area contributed by atoms with Crippen molar-refractivity contribution in [3.63, 3.8) is 0 Å². The van der Waals surface area contributed by atoms with E-state index in [1.807, 2.05) is 0 Å². The predicted molar refractivity (Wildman–Crippen MR) is 67.0 cm³/mol. The van der Waals surface area contributed by atoms with Crippen LogP contribution in [0.4, 0.5) is 5.69 Å². The van der Waals surface area contributed by atoms with Gasteiger partial charge >= 0.3 is 0 Å². The van der Waals surface area contributed by atoms with E-state index in [1.54, 1.807) is 0 Å². The van der Waals surface area contributed by atoms with E-state index in [1.165, 1.54) is 16.8 Å². The molecule has 0 aliphatic carbocycles. The number of hydrogen-bond acceptors (Lipinski definition) is 3. The van der Waals surface area contributed by atoms with Crippen molar-refractivity contribution in [3.05, 3.63) is 29.3 Å². The molecule has 3 heteroatoms. The second-order valence-corrected chi connectivity index (χ2v) is 4.52. The van der Waals surface area contributed by atoms with Gasteiger partial charge in [0.15, 0.2) is 0 Å². The van der Waals surface area contributed by atoms with Gasteiger partial charge in [-0.15, -0.1) is 0 Å². The van der Waals surface area contributed by atoms with E-state index in [0.29, 0.717) is 6.54 Å². The lowest BCUT2D eigenvalue weighted by Crippen LogP contribution is -2.33. The number of β-amino-alcohol motifs (C(OH)–C–C–N with tert-alkyl or cyclic N) is 1. The number of aryl methyl sites for hydroxylation is 1. The van der Waals surface area contributed by atoms with E-state index in [4.69, 9.17) is 0 Å². The number of aliphatic hydroxyl groups is 1. The number of aliphatic hydroxyl groups excluding tert-OH is 1. The Labute approximate surface area is 97.1 Å². The van der Waals surface area contributed by atoms with Crippen molar-refractivity contribution in [2.24, 2.45) is 0 Å². The van der Waals surface area contributed by atoms with Crippen molar-refractivity contribution in [1.29, 1.82) is 0 Å². The van der Waals surface area contributed by atoms with Crippen LogP contribution in [-0.4, -0.2) is 37.4 Å². The maximum Gasteiger partial charge on any atom is 0.0839 e. The third-order valence-corrected chi connectivity index (χ3v) is 3.29. The Bertz CT molecular complexity index is 365. The summed E-state index contributed by atoms with van der Waals surface area (Å²) in [5.74, 6) is 0. The number of rotatable bonds is 1. The standard InChI is InChI=1S/C13H20N2O/c1-10-4-3-5-13(11(10)2)15-7-6-14-8-12(16)9-15/h3-5,12,14,16H,6-9H2,1-2H3. The van der Waals surface area contributed by atoms with Crippen LogP contribution in [0.15, 0.2) is 18.2 Å². The molecule has 0 aromatic heterocycles. The molecule has 0 spiro atoms. The van der Waals surface area contributed by atoms with Crippen LogP contribution in [0.5, 0.6) is 0 Å². The van der Waals surface area contributed by atoms with Crippen LogP contribution < -0.4 is 10.2 Å². The Balaban J connectivity index is 2.24. The Morgan fingerprint density at radius 1 is 1.38 bits per heavy atom. The molecule has 2 rings (SSSR count). The minimum atomic E-state index is -0.276. The summed E-state index contributed by atoms with van der Waals surface area (Å²) in [5, 5.41) is 13.0. The van der Waals surface area contributed by atoms with Crippen LogP contribution in [0, 0.1) is 13.8 Å². The molecule has 1 fully saturated rings. The average Bonchev–Trinajstić information content (AvgIpc) is 2.47. The SMILES string of the molecule is Cc1cccc(N2CCNCC(O)C2)c1C. The molecule has 3 nitrogen and oxygen atoms in total. The fourth-order valence-corrected chi connectivity index (χ4v) is 2.19. The highest BCUT2D eigenvalue weighted by molar-refractivity contribution is 5.56. The molecule has 1 saturated heterocycles. The first kappa shape index (κ1) is 11.4. The first-order valence-corrected chi connectivity index (χ1v) is 5.88. The topological polar surface area (TPSA) is 35.5 Å². The van der Waals surface area contributed by atoms with E-state index in [2.05, 4.69) is 42.3 Å². The van der Waals surface area contributed by atoms with Crippen molar-refractivity contribution < 1.29 is 5.11 Å². The molecule has 0 saturated carbocycles. The number of anilines is 1. The van der Waals surface area contributed by atoms with Gasteiger partial charge in [-0.3, -0.25) is 0 Å². The van der Waals surface area contributed by atoms with Crippen molar-refractivity contribution in [1.82, 2.24) is 5.32 Å². The average molecular weight is 220 g/mol. The van der Waals surface area contributed by atoms with Gasteiger partial charge in [-0.1, -0.05) is 12.1 Å². The fraction of sp³-hybridized carbons (Fsp3) is 0.538. The van der Waals surface area contributed by atoms with Crippen LogP contribution in [0.1, 0.15) is 11.1 Å². The highest BCUT2D eigenvalue weighted by Crippen LogP contribution is 2.23. The lowest BCUT2D eigenvalue weighted by Gasteiger charge is -2.26. The summed E-state index contributed by atoms with van der Waals surface area (Å²) in [6, 6.07) is 6.36. The molecule has 0 bridgehead atoms. The molecule has 1 atom stereocenters. The largest absolute Gasteiger partial charge is 0.390 e. The van der Waals surface area contributed by atoms with E-state index >= 15 is 0 Å². The molecular formula is C13H20N2O. The minimum Gasteiger partial charge on any atom is -0.390 e. The number of nitrogens with one attached hydrogen (secondary N) is 1. The summed E-state index contributed by atoms with van der Waals surface area (Å²) in [6.45, 7) is 7.59. The molecule has 1 heterocycles. The summed E-state index contributed by atoms with van der Waals surface area (Å²) in [4.78, 5) is 2.27. The summed E-state index contributed by atoms with van der Waals surface area (Å²) >= 11 is 0. The summed E-state index contributed by atoms with van der Waals surface area (Å²) in [6.07, 6.45) is -0.276. The third kappa shape index (κ3) is 2.36. The van der Waals surface area contributed by atoms with Gasteiger partial charge in [0.2, 0.25) is 0 Å².